The molecule has 1 unspecified atom stereocenters. The lowest BCUT2D eigenvalue weighted by molar-refractivity contribution is 0.0796. The van der Waals surface area contributed by atoms with Crippen molar-refractivity contribution in [3.63, 3.8) is 0 Å². The lowest BCUT2D eigenvalue weighted by atomic mass is 9.89. The number of allylic oxidation sites excluding steroid dienone is 2. The minimum atomic E-state index is -0.200. The van der Waals surface area contributed by atoms with E-state index in [1.807, 2.05) is 65.7 Å². The molecule has 1 amide bonds. The Labute approximate surface area is 333 Å². The van der Waals surface area contributed by atoms with E-state index in [4.69, 9.17) is 28.4 Å². The second-order valence-electron chi connectivity index (χ2n) is 14.8. The Morgan fingerprint density at radius 3 is 1.77 bits per heavy atom. The van der Waals surface area contributed by atoms with Crippen molar-refractivity contribution in [1.29, 1.82) is 0 Å². The number of methoxy groups -OCH3 is 4. The summed E-state index contributed by atoms with van der Waals surface area (Å²) >= 11 is 0. The second kappa shape index (κ2) is 16.6. The van der Waals surface area contributed by atoms with E-state index in [9.17, 15) is 9.59 Å². The normalized spacial score (nSPS) is 19.3. The molecule has 296 valence electrons. The number of fused-ring (bicyclic) bond motifs is 4. The summed E-state index contributed by atoms with van der Waals surface area (Å²) in [5, 5.41) is 7.02. The highest BCUT2D eigenvalue weighted by molar-refractivity contribution is 6.06. The SMILES string of the molecule is COc1ccc(C2=CC3C(=O)c4cc(OC)c(OCCCCCOc5cc6c(cc5OC)C(=O)N5C=C(c7ccc(OC)cc7)C[C@H]5CN6)cc4NC[C@@H]3C2)cc1. The van der Waals surface area contributed by atoms with E-state index in [-0.39, 0.29) is 29.6 Å². The fraction of sp³-hybridized carbons (Fsp3) is 0.348. The highest BCUT2D eigenvalue weighted by Gasteiger charge is 2.38. The smallest absolute Gasteiger partial charge is 0.260 e. The first-order chi connectivity index (χ1) is 27.9. The molecule has 1 aliphatic carbocycles. The van der Waals surface area contributed by atoms with Crippen molar-refractivity contribution in [2.24, 2.45) is 11.8 Å². The van der Waals surface area contributed by atoms with Crippen LogP contribution in [0.1, 0.15) is 63.9 Å². The number of benzene rings is 4. The maximum Gasteiger partial charge on any atom is 0.260 e. The minimum Gasteiger partial charge on any atom is -0.497 e. The molecule has 8 rings (SSSR count). The van der Waals surface area contributed by atoms with Gasteiger partial charge in [0, 0.05) is 48.6 Å². The van der Waals surface area contributed by atoms with Gasteiger partial charge in [0.25, 0.3) is 5.91 Å². The van der Waals surface area contributed by atoms with Crippen LogP contribution in [0.5, 0.6) is 34.5 Å². The molecule has 57 heavy (non-hydrogen) atoms. The van der Waals surface area contributed by atoms with Crippen molar-refractivity contribution in [2.75, 3.05) is 65.4 Å². The van der Waals surface area contributed by atoms with Gasteiger partial charge in [0.15, 0.2) is 28.8 Å². The summed E-state index contributed by atoms with van der Waals surface area (Å²) in [6, 6.07) is 23.3. The van der Waals surface area contributed by atoms with Crippen molar-refractivity contribution in [3.8, 4) is 34.5 Å². The number of anilines is 2. The van der Waals surface area contributed by atoms with Gasteiger partial charge in [-0.25, -0.2) is 0 Å². The molecule has 0 saturated heterocycles. The highest BCUT2D eigenvalue weighted by Crippen LogP contribution is 2.44. The molecule has 2 N–H and O–H groups in total. The van der Waals surface area contributed by atoms with Crippen molar-refractivity contribution >= 4 is 34.2 Å². The number of hydrogen-bond acceptors (Lipinski definition) is 10. The molecule has 0 fully saturated rings. The van der Waals surface area contributed by atoms with Crippen LogP contribution < -0.4 is 39.1 Å². The van der Waals surface area contributed by atoms with Crippen molar-refractivity contribution in [3.05, 3.63) is 107 Å². The standard InChI is InChI=1S/C46H49N3O8/c1-52-34-12-8-28(9-13-34)30-18-31-25-47-39-23-43(41(54-3)21-37(39)45(50)36(31)20-30)56-16-6-5-7-17-57-44-24-40-38(22-42(44)55-4)46(51)49-27-32(19-33(49)26-48-40)29-10-14-35(53-2)15-11-29/h8-15,20-24,27,31,33,36,47-48H,5-7,16-19,25-26H2,1-4H3/t31-,33-,36?/m0/s1. The molecule has 0 spiro atoms. The van der Waals surface area contributed by atoms with Gasteiger partial charge < -0.3 is 44.0 Å². The highest BCUT2D eigenvalue weighted by atomic mass is 16.5. The lowest BCUT2D eigenvalue weighted by Crippen LogP contribution is -2.34. The zero-order valence-electron chi connectivity index (χ0n) is 32.9. The molecular weight excluding hydrogens is 723 g/mol. The molecule has 0 radical (unpaired) electrons. The average Bonchev–Trinajstić information content (AvgIpc) is 3.83. The fourth-order valence-electron chi connectivity index (χ4n) is 8.28. The van der Waals surface area contributed by atoms with Gasteiger partial charge in [-0.3, -0.25) is 9.59 Å². The topological polar surface area (TPSA) is 117 Å². The van der Waals surface area contributed by atoms with E-state index < -0.39 is 0 Å². The van der Waals surface area contributed by atoms with Crippen LogP contribution in [0.3, 0.4) is 0 Å². The third-order valence-electron chi connectivity index (χ3n) is 11.5. The third kappa shape index (κ3) is 7.70. The second-order valence-corrected chi connectivity index (χ2v) is 14.8. The number of nitrogens with one attached hydrogen (secondary N) is 2. The first kappa shape index (κ1) is 37.8. The van der Waals surface area contributed by atoms with Crippen LogP contribution >= 0.6 is 0 Å². The molecule has 0 aromatic heterocycles. The number of amides is 1. The van der Waals surface area contributed by atoms with Gasteiger partial charge in [-0.2, -0.15) is 0 Å². The van der Waals surface area contributed by atoms with Crippen LogP contribution in [0.4, 0.5) is 11.4 Å². The van der Waals surface area contributed by atoms with Gasteiger partial charge in [0.1, 0.15) is 11.5 Å². The number of rotatable bonds is 14. The third-order valence-corrected chi connectivity index (χ3v) is 11.5. The minimum absolute atomic E-state index is 0.000975. The molecule has 4 aromatic rings. The summed E-state index contributed by atoms with van der Waals surface area (Å²) in [5.74, 6) is 3.87. The molecule has 4 aromatic carbocycles. The van der Waals surface area contributed by atoms with E-state index in [2.05, 4.69) is 28.8 Å². The number of hydrogen-bond donors (Lipinski definition) is 2. The van der Waals surface area contributed by atoms with Crippen LogP contribution in [0.15, 0.2) is 85.1 Å². The van der Waals surface area contributed by atoms with Crippen LogP contribution in [-0.2, 0) is 0 Å². The Bertz CT molecular complexity index is 2040. The molecule has 3 aliphatic heterocycles. The quantitative estimate of drug-likeness (QED) is 0.121. The fourth-order valence-corrected chi connectivity index (χ4v) is 8.28. The number of ether oxygens (including phenoxy) is 6. The number of ketones is 1. The molecule has 3 atom stereocenters. The lowest BCUT2D eigenvalue weighted by Gasteiger charge is -2.20. The van der Waals surface area contributed by atoms with Gasteiger partial charge in [-0.1, -0.05) is 30.3 Å². The van der Waals surface area contributed by atoms with E-state index in [1.165, 1.54) is 5.57 Å². The molecular formula is C46H49N3O8. The Hall–Kier alpha value is -6.10. The number of Topliss-reactive ketones (excluding diaryl/α,β-unsaturated/α-hetero) is 1. The maximum absolute atomic E-state index is 13.8. The van der Waals surface area contributed by atoms with Crippen molar-refractivity contribution in [1.82, 2.24) is 4.90 Å². The maximum atomic E-state index is 13.8. The molecule has 3 heterocycles. The molecule has 0 bridgehead atoms. The van der Waals surface area contributed by atoms with Crippen LogP contribution in [0.2, 0.25) is 0 Å². The Morgan fingerprint density at radius 2 is 1.18 bits per heavy atom. The summed E-state index contributed by atoms with van der Waals surface area (Å²) in [7, 11) is 6.50. The van der Waals surface area contributed by atoms with Crippen molar-refractivity contribution in [2.45, 2.75) is 38.1 Å². The molecule has 4 aliphatic rings. The van der Waals surface area contributed by atoms with Gasteiger partial charge in [0.05, 0.1) is 58.9 Å². The Balaban J connectivity index is 0.839. The largest absolute Gasteiger partial charge is 0.497 e. The summed E-state index contributed by atoms with van der Waals surface area (Å²) < 4.78 is 34.4. The first-order valence-electron chi connectivity index (χ1n) is 19.6. The predicted octanol–water partition coefficient (Wildman–Crippen LogP) is 8.36. The van der Waals surface area contributed by atoms with Crippen LogP contribution in [0.25, 0.3) is 11.1 Å². The summed E-state index contributed by atoms with van der Waals surface area (Å²) in [4.78, 5) is 29.5. The van der Waals surface area contributed by atoms with Gasteiger partial charge >= 0.3 is 0 Å². The predicted molar refractivity (Wildman–Crippen MR) is 220 cm³/mol. The number of carbonyl (C=O) groups excluding carboxylic acids is 2. The monoisotopic (exact) mass is 771 g/mol. The Kier molecular flexibility index (Phi) is 11.0. The molecule has 11 nitrogen and oxygen atoms in total. The van der Waals surface area contributed by atoms with Crippen LogP contribution in [-0.4, -0.2) is 77.4 Å². The van der Waals surface area contributed by atoms with E-state index in [0.29, 0.717) is 60.4 Å². The van der Waals surface area contributed by atoms with Crippen molar-refractivity contribution < 1.29 is 38.0 Å². The molecule has 11 heteroatoms. The number of carbonyl (C=O) groups is 2. The van der Waals surface area contributed by atoms with E-state index in [0.717, 1.165) is 71.7 Å². The van der Waals surface area contributed by atoms with Gasteiger partial charge in [0.2, 0.25) is 0 Å². The summed E-state index contributed by atoms with van der Waals surface area (Å²) in [5.41, 5.74) is 7.19. The molecule has 0 saturated carbocycles. The summed E-state index contributed by atoms with van der Waals surface area (Å²) in [6.07, 6.45) is 8.16. The first-order valence-corrected chi connectivity index (χ1v) is 19.6. The van der Waals surface area contributed by atoms with E-state index >= 15 is 0 Å². The zero-order valence-corrected chi connectivity index (χ0v) is 32.9. The van der Waals surface area contributed by atoms with Crippen LogP contribution in [0, 0.1) is 11.8 Å². The number of unbranched alkanes of at least 4 members (excludes halogenated alkanes) is 2. The Morgan fingerprint density at radius 1 is 0.614 bits per heavy atom. The summed E-state index contributed by atoms with van der Waals surface area (Å²) in [6.45, 7) is 2.28. The van der Waals surface area contributed by atoms with E-state index in [1.54, 1.807) is 34.5 Å². The average molecular weight is 772 g/mol. The number of nitrogens with zero attached hydrogens (tertiary/aromatic N) is 1. The van der Waals surface area contributed by atoms with Gasteiger partial charge in [-0.05, 0) is 96.7 Å². The zero-order chi connectivity index (χ0) is 39.5. The van der Waals surface area contributed by atoms with Gasteiger partial charge in [-0.15, -0.1) is 0 Å².